The van der Waals surface area contributed by atoms with E-state index in [1.165, 1.54) is 0 Å². The van der Waals surface area contributed by atoms with Crippen LogP contribution in [0.5, 0.6) is 5.75 Å². The molecule has 2 rings (SSSR count). The third-order valence-electron chi connectivity index (χ3n) is 3.43. The lowest BCUT2D eigenvalue weighted by atomic mass is 10.1. The van der Waals surface area contributed by atoms with E-state index in [0.29, 0.717) is 17.2 Å². The van der Waals surface area contributed by atoms with Crippen molar-refractivity contribution in [2.24, 2.45) is 0 Å². The van der Waals surface area contributed by atoms with Crippen molar-refractivity contribution in [2.45, 2.75) is 32.4 Å². The van der Waals surface area contributed by atoms with Crippen molar-refractivity contribution in [3.8, 4) is 5.75 Å². The summed E-state index contributed by atoms with van der Waals surface area (Å²) in [5.41, 5.74) is 1.06. The molecule has 2 aromatic carbocycles. The van der Waals surface area contributed by atoms with Crippen LogP contribution in [0.2, 0.25) is 5.02 Å². The molecule has 2 atom stereocenters. The topological polar surface area (TPSA) is 38.3 Å². The molecule has 1 amide bonds. The van der Waals surface area contributed by atoms with Gasteiger partial charge < -0.3 is 10.1 Å². The highest BCUT2D eigenvalue weighted by molar-refractivity contribution is 6.32. The molecule has 3 nitrogen and oxygen atoms in total. The molecule has 0 heterocycles. The number of carbonyl (C=O) groups excluding carboxylic acids is 1. The maximum absolute atomic E-state index is 12.4. The zero-order chi connectivity index (χ0) is 15.9. The average molecular weight is 318 g/mol. The van der Waals surface area contributed by atoms with Gasteiger partial charge in [-0.05, 0) is 31.0 Å². The summed E-state index contributed by atoms with van der Waals surface area (Å²) in [5.74, 6) is 0.386. The molecule has 0 fully saturated rings. The van der Waals surface area contributed by atoms with Gasteiger partial charge in [-0.3, -0.25) is 4.79 Å². The summed E-state index contributed by atoms with van der Waals surface area (Å²) < 4.78 is 5.75. The van der Waals surface area contributed by atoms with Crippen LogP contribution < -0.4 is 10.1 Å². The van der Waals surface area contributed by atoms with E-state index in [1.54, 1.807) is 12.1 Å². The Hall–Kier alpha value is -2.00. The fourth-order valence-corrected chi connectivity index (χ4v) is 2.33. The van der Waals surface area contributed by atoms with Crippen molar-refractivity contribution in [1.29, 1.82) is 0 Å². The molecule has 0 aliphatic carbocycles. The Bertz CT molecular complexity index is 615. The number of carbonyl (C=O) groups is 1. The number of nitrogens with one attached hydrogen (secondary N) is 1. The zero-order valence-corrected chi connectivity index (χ0v) is 13.5. The molecule has 0 aliphatic rings. The van der Waals surface area contributed by atoms with Crippen LogP contribution in [-0.2, 0) is 4.79 Å². The number of hydrogen-bond acceptors (Lipinski definition) is 2. The summed E-state index contributed by atoms with van der Waals surface area (Å²) >= 11 is 6.07. The van der Waals surface area contributed by atoms with Gasteiger partial charge in [-0.25, -0.2) is 0 Å². The van der Waals surface area contributed by atoms with Gasteiger partial charge in [0.1, 0.15) is 5.75 Å². The largest absolute Gasteiger partial charge is 0.479 e. The molecule has 116 valence electrons. The van der Waals surface area contributed by atoms with Crippen molar-refractivity contribution in [3.05, 3.63) is 65.2 Å². The standard InChI is InChI=1S/C18H20ClNO2/c1-3-16(22-17-12-8-7-11-15(17)19)18(21)20-13(2)14-9-5-4-6-10-14/h4-13,16H,3H2,1-2H3,(H,20,21)/t13-,16?/m1/s1. The van der Waals surface area contributed by atoms with Crippen molar-refractivity contribution < 1.29 is 9.53 Å². The molecule has 0 bridgehead atoms. The predicted octanol–water partition coefficient (Wildman–Crippen LogP) is 4.37. The Labute approximate surface area is 136 Å². The van der Waals surface area contributed by atoms with Gasteiger partial charge in [-0.2, -0.15) is 0 Å². The normalized spacial score (nSPS) is 13.2. The van der Waals surface area contributed by atoms with E-state index in [4.69, 9.17) is 16.3 Å². The molecule has 0 aromatic heterocycles. The van der Waals surface area contributed by atoms with E-state index in [-0.39, 0.29) is 11.9 Å². The first kappa shape index (κ1) is 16.4. The molecule has 0 radical (unpaired) electrons. The van der Waals surface area contributed by atoms with E-state index in [2.05, 4.69) is 5.32 Å². The Balaban J connectivity index is 2.02. The second kappa shape index (κ2) is 7.85. The monoisotopic (exact) mass is 317 g/mol. The summed E-state index contributed by atoms with van der Waals surface area (Å²) in [7, 11) is 0. The number of ether oxygens (including phenoxy) is 1. The Morgan fingerprint density at radius 1 is 1.14 bits per heavy atom. The van der Waals surface area contributed by atoms with Crippen LogP contribution in [0.3, 0.4) is 0 Å². The Morgan fingerprint density at radius 3 is 2.41 bits per heavy atom. The minimum atomic E-state index is -0.564. The van der Waals surface area contributed by atoms with Gasteiger partial charge in [-0.15, -0.1) is 0 Å². The van der Waals surface area contributed by atoms with E-state index in [0.717, 1.165) is 5.56 Å². The third-order valence-corrected chi connectivity index (χ3v) is 3.74. The van der Waals surface area contributed by atoms with Gasteiger partial charge in [-0.1, -0.05) is 61.0 Å². The summed E-state index contributed by atoms with van der Waals surface area (Å²) in [5, 5.41) is 3.48. The predicted molar refractivity (Wildman–Crippen MR) is 89.2 cm³/mol. The maximum atomic E-state index is 12.4. The molecule has 4 heteroatoms. The lowest BCUT2D eigenvalue weighted by Gasteiger charge is -2.21. The van der Waals surface area contributed by atoms with Crippen LogP contribution in [0.25, 0.3) is 0 Å². The van der Waals surface area contributed by atoms with Gasteiger partial charge >= 0.3 is 0 Å². The fraction of sp³-hybridized carbons (Fsp3) is 0.278. The number of hydrogen-bond donors (Lipinski definition) is 1. The van der Waals surface area contributed by atoms with Crippen LogP contribution in [0.4, 0.5) is 0 Å². The molecule has 1 unspecified atom stereocenters. The van der Waals surface area contributed by atoms with E-state index < -0.39 is 6.10 Å². The Morgan fingerprint density at radius 2 is 1.77 bits per heavy atom. The summed E-state index contributed by atoms with van der Waals surface area (Å²) in [4.78, 5) is 12.4. The van der Waals surface area contributed by atoms with Crippen LogP contribution in [0, 0.1) is 0 Å². The van der Waals surface area contributed by atoms with Gasteiger partial charge in [0.15, 0.2) is 6.10 Å². The molecular formula is C18H20ClNO2. The maximum Gasteiger partial charge on any atom is 0.261 e. The van der Waals surface area contributed by atoms with Crippen molar-refractivity contribution in [3.63, 3.8) is 0 Å². The first-order valence-corrected chi connectivity index (χ1v) is 7.76. The quantitative estimate of drug-likeness (QED) is 0.859. The minimum Gasteiger partial charge on any atom is -0.479 e. The van der Waals surface area contributed by atoms with Crippen LogP contribution in [0.1, 0.15) is 31.9 Å². The highest BCUT2D eigenvalue weighted by Crippen LogP contribution is 2.25. The number of rotatable bonds is 6. The van der Waals surface area contributed by atoms with Crippen molar-refractivity contribution in [1.82, 2.24) is 5.32 Å². The highest BCUT2D eigenvalue weighted by Gasteiger charge is 2.21. The van der Waals surface area contributed by atoms with E-state index in [9.17, 15) is 4.79 Å². The molecule has 1 N–H and O–H groups in total. The highest BCUT2D eigenvalue weighted by atomic mass is 35.5. The second-order valence-corrected chi connectivity index (χ2v) is 5.49. The second-order valence-electron chi connectivity index (χ2n) is 5.09. The summed E-state index contributed by atoms with van der Waals surface area (Å²) in [6.45, 7) is 3.86. The van der Waals surface area contributed by atoms with Crippen LogP contribution in [0.15, 0.2) is 54.6 Å². The molecule has 0 spiro atoms. The smallest absolute Gasteiger partial charge is 0.261 e. The van der Waals surface area contributed by atoms with E-state index >= 15 is 0 Å². The summed E-state index contributed by atoms with van der Waals surface area (Å²) in [6.07, 6.45) is 0.00419. The molecule has 0 saturated carbocycles. The van der Waals surface area contributed by atoms with Crippen molar-refractivity contribution >= 4 is 17.5 Å². The molecule has 0 saturated heterocycles. The lowest BCUT2D eigenvalue weighted by molar-refractivity contribution is -0.128. The van der Waals surface area contributed by atoms with Crippen LogP contribution in [-0.4, -0.2) is 12.0 Å². The number of amides is 1. The minimum absolute atomic E-state index is 0.0717. The first-order valence-electron chi connectivity index (χ1n) is 7.38. The lowest BCUT2D eigenvalue weighted by Crippen LogP contribution is -2.39. The molecule has 22 heavy (non-hydrogen) atoms. The van der Waals surface area contributed by atoms with Gasteiger partial charge in [0, 0.05) is 0 Å². The van der Waals surface area contributed by atoms with Gasteiger partial charge in [0.25, 0.3) is 5.91 Å². The molecule has 2 aromatic rings. The zero-order valence-electron chi connectivity index (χ0n) is 12.8. The van der Waals surface area contributed by atoms with Crippen molar-refractivity contribution in [2.75, 3.05) is 0 Å². The van der Waals surface area contributed by atoms with E-state index in [1.807, 2.05) is 56.3 Å². The fourth-order valence-electron chi connectivity index (χ4n) is 2.15. The molecular weight excluding hydrogens is 298 g/mol. The van der Waals surface area contributed by atoms with Gasteiger partial charge in [0.2, 0.25) is 0 Å². The molecule has 0 aliphatic heterocycles. The van der Waals surface area contributed by atoms with Crippen LogP contribution >= 0.6 is 11.6 Å². The number of para-hydroxylation sites is 1. The average Bonchev–Trinajstić information content (AvgIpc) is 2.54. The Kier molecular flexibility index (Phi) is 5.84. The number of halogens is 1. The third kappa shape index (κ3) is 4.25. The van der Waals surface area contributed by atoms with Gasteiger partial charge in [0.05, 0.1) is 11.1 Å². The first-order chi connectivity index (χ1) is 10.6. The number of benzene rings is 2. The summed E-state index contributed by atoms with van der Waals surface area (Å²) in [6, 6.07) is 16.9. The SMILES string of the molecule is CCC(Oc1ccccc1Cl)C(=O)N[C@H](C)c1ccccc1.